The lowest BCUT2D eigenvalue weighted by molar-refractivity contribution is 0.301. The van der Waals surface area contributed by atoms with Gasteiger partial charge in [-0.2, -0.15) is 15.5 Å². The van der Waals surface area contributed by atoms with Gasteiger partial charge in [0.15, 0.2) is 5.82 Å². The molecule has 0 atom stereocenters. The van der Waals surface area contributed by atoms with E-state index in [4.69, 9.17) is 5.26 Å². The van der Waals surface area contributed by atoms with Crippen LogP contribution in [0.3, 0.4) is 0 Å². The van der Waals surface area contributed by atoms with Gasteiger partial charge in [0.25, 0.3) is 5.56 Å². The van der Waals surface area contributed by atoms with Crippen LogP contribution < -0.4 is 10.9 Å². The van der Waals surface area contributed by atoms with Crippen LogP contribution in [0.2, 0.25) is 0 Å². The second-order valence-corrected chi connectivity index (χ2v) is 6.87. The minimum Gasteiger partial charge on any atom is -0.365 e. The largest absolute Gasteiger partial charge is 0.365 e. The fourth-order valence-electron chi connectivity index (χ4n) is 3.49. The van der Waals surface area contributed by atoms with Gasteiger partial charge in [0, 0.05) is 18.0 Å². The molecule has 0 unspecified atom stereocenters. The number of anilines is 1. The maximum Gasteiger partial charge on any atom is 0.267 e. The first-order valence-corrected chi connectivity index (χ1v) is 8.82. The molecule has 0 saturated heterocycles. The van der Waals surface area contributed by atoms with E-state index >= 15 is 0 Å². The normalized spacial score (nSPS) is 23.0. The summed E-state index contributed by atoms with van der Waals surface area (Å²) >= 11 is 0. The third kappa shape index (κ3) is 3.38. The summed E-state index contributed by atoms with van der Waals surface area (Å²) in [5.41, 5.74) is 1.55. The van der Waals surface area contributed by atoms with Crippen LogP contribution in [0.4, 0.5) is 5.82 Å². The van der Waals surface area contributed by atoms with E-state index in [-0.39, 0.29) is 17.6 Å². The second-order valence-electron chi connectivity index (χ2n) is 6.87. The molecule has 2 heterocycles. The maximum atomic E-state index is 12.2. The first-order chi connectivity index (χ1) is 12.2. The molecule has 25 heavy (non-hydrogen) atoms. The zero-order valence-corrected chi connectivity index (χ0v) is 13.9. The molecule has 2 aromatic heterocycles. The molecule has 2 aromatic rings. The Kier molecular flexibility index (Phi) is 4.18. The molecular formula is C18H20N6O. The molecule has 2 aliphatic rings. The number of aromatic nitrogens is 4. The molecule has 2 saturated carbocycles. The second kappa shape index (κ2) is 6.63. The quantitative estimate of drug-likeness (QED) is 0.921. The number of nitrogens with one attached hydrogen (secondary N) is 1. The van der Waals surface area contributed by atoms with Gasteiger partial charge in [-0.05, 0) is 50.7 Å². The van der Waals surface area contributed by atoms with Gasteiger partial charge >= 0.3 is 0 Å². The van der Waals surface area contributed by atoms with Crippen LogP contribution in [-0.2, 0) is 0 Å². The summed E-state index contributed by atoms with van der Waals surface area (Å²) < 4.78 is 1.69. The van der Waals surface area contributed by atoms with Crippen LogP contribution in [0.25, 0.3) is 0 Å². The van der Waals surface area contributed by atoms with Gasteiger partial charge in [0.1, 0.15) is 6.07 Å². The molecule has 0 aliphatic heterocycles. The monoisotopic (exact) mass is 336 g/mol. The van der Waals surface area contributed by atoms with Crippen molar-refractivity contribution in [1.82, 2.24) is 20.0 Å². The highest BCUT2D eigenvalue weighted by Crippen LogP contribution is 2.38. The Balaban J connectivity index is 1.43. The summed E-state index contributed by atoms with van der Waals surface area (Å²) in [4.78, 5) is 12.2. The minimum absolute atomic E-state index is 0.0125. The van der Waals surface area contributed by atoms with Crippen LogP contribution in [0.5, 0.6) is 0 Å². The molecule has 128 valence electrons. The van der Waals surface area contributed by atoms with Crippen molar-refractivity contribution in [2.45, 2.75) is 56.5 Å². The lowest BCUT2D eigenvalue weighted by Gasteiger charge is -2.30. The summed E-state index contributed by atoms with van der Waals surface area (Å²) in [6.07, 6.45) is 7.48. The molecule has 7 nitrogen and oxygen atoms in total. The molecule has 2 fully saturated rings. The lowest BCUT2D eigenvalue weighted by atomic mass is 9.91. The average Bonchev–Trinajstić information content (AvgIpc) is 3.49. The third-order valence-electron chi connectivity index (χ3n) is 5.07. The zero-order chi connectivity index (χ0) is 17.2. The number of nitriles is 1. The van der Waals surface area contributed by atoms with Gasteiger partial charge in [-0.25, -0.2) is 4.68 Å². The van der Waals surface area contributed by atoms with E-state index < -0.39 is 0 Å². The number of hydrogen-bond donors (Lipinski definition) is 1. The number of nitrogens with zero attached hydrogens (tertiary/aromatic N) is 5. The summed E-state index contributed by atoms with van der Waals surface area (Å²) in [7, 11) is 0. The number of hydrogen-bond acceptors (Lipinski definition) is 6. The smallest absolute Gasteiger partial charge is 0.267 e. The van der Waals surface area contributed by atoms with Gasteiger partial charge in [-0.1, -0.05) is 0 Å². The standard InChI is InChI=1S/C18H20N6O/c19-11-13-9-10-20-22-18(13)21-14-3-5-15(6-4-14)24-17(25)8-7-16(23-24)12-1-2-12/h7-10,12,14-15H,1-6H2,(H,21,22). The Morgan fingerprint density at radius 2 is 1.92 bits per heavy atom. The fraction of sp³-hybridized carbons (Fsp3) is 0.500. The van der Waals surface area contributed by atoms with Gasteiger partial charge in [0.2, 0.25) is 0 Å². The summed E-state index contributed by atoms with van der Waals surface area (Å²) in [6, 6.07) is 7.72. The molecule has 0 radical (unpaired) electrons. The van der Waals surface area contributed by atoms with E-state index in [1.165, 1.54) is 19.0 Å². The predicted octanol–water partition coefficient (Wildman–Crippen LogP) is 2.38. The van der Waals surface area contributed by atoms with Crippen molar-refractivity contribution in [2.24, 2.45) is 0 Å². The molecule has 1 N–H and O–H groups in total. The third-order valence-corrected chi connectivity index (χ3v) is 5.07. The fourth-order valence-corrected chi connectivity index (χ4v) is 3.49. The van der Waals surface area contributed by atoms with E-state index in [1.54, 1.807) is 16.8 Å². The summed E-state index contributed by atoms with van der Waals surface area (Å²) in [5, 5.41) is 24.9. The molecule has 0 spiro atoms. The first-order valence-electron chi connectivity index (χ1n) is 8.82. The molecule has 7 heteroatoms. The highest BCUT2D eigenvalue weighted by molar-refractivity contribution is 5.50. The Labute approximate surface area is 145 Å². The van der Waals surface area contributed by atoms with Crippen molar-refractivity contribution < 1.29 is 0 Å². The Morgan fingerprint density at radius 3 is 2.64 bits per heavy atom. The molecule has 0 bridgehead atoms. The van der Waals surface area contributed by atoms with Crippen molar-refractivity contribution >= 4 is 5.82 Å². The minimum atomic E-state index is -0.0125. The SMILES string of the molecule is N#Cc1ccnnc1NC1CCC(n2nc(C3CC3)ccc2=O)CC1. The van der Waals surface area contributed by atoms with Crippen LogP contribution in [0, 0.1) is 11.3 Å². The van der Waals surface area contributed by atoms with Gasteiger partial charge in [-0.3, -0.25) is 4.79 Å². The van der Waals surface area contributed by atoms with Crippen molar-refractivity contribution in [2.75, 3.05) is 5.32 Å². The van der Waals surface area contributed by atoms with E-state index in [0.717, 1.165) is 31.4 Å². The van der Waals surface area contributed by atoms with Gasteiger partial charge in [-0.15, -0.1) is 5.10 Å². The highest BCUT2D eigenvalue weighted by Gasteiger charge is 2.28. The van der Waals surface area contributed by atoms with E-state index in [2.05, 4.69) is 26.7 Å². The average molecular weight is 336 g/mol. The predicted molar refractivity (Wildman–Crippen MR) is 92.1 cm³/mol. The molecule has 0 amide bonds. The summed E-state index contributed by atoms with van der Waals surface area (Å²) in [6.45, 7) is 0. The van der Waals surface area contributed by atoms with Gasteiger partial charge in [0.05, 0.1) is 23.5 Å². The van der Waals surface area contributed by atoms with Gasteiger partial charge < -0.3 is 5.32 Å². The molecule has 4 rings (SSSR count). The van der Waals surface area contributed by atoms with Crippen LogP contribution in [0.15, 0.2) is 29.2 Å². The maximum absolute atomic E-state index is 12.2. The lowest BCUT2D eigenvalue weighted by Crippen LogP contribution is -2.33. The van der Waals surface area contributed by atoms with Crippen LogP contribution in [-0.4, -0.2) is 26.0 Å². The van der Waals surface area contributed by atoms with Crippen LogP contribution in [0.1, 0.15) is 61.7 Å². The van der Waals surface area contributed by atoms with Crippen molar-refractivity contribution in [3.8, 4) is 6.07 Å². The molecule has 2 aliphatic carbocycles. The zero-order valence-electron chi connectivity index (χ0n) is 13.9. The molecular weight excluding hydrogens is 316 g/mol. The molecule has 0 aromatic carbocycles. The number of rotatable bonds is 4. The first kappa shape index (κ1) is 15.8. The Bertz CT molecular complexity index is 858. The Hall–Kier alpha value is -2.75. The summed E-state index contributed by atoms with van der Waals surface area (Å²) in [5.74, 6) is 1.09. The van der Waals surface area contributed by atoms with E-state index in [9.17, 15) is 4.79 Å². The topological polar surface area (TPSA) is 96.5 Å². The van der Waals surface area contributed by atoms with Crippen LogP contribution >= 0.6 is 0 Å². The van der Waals surface area contributed by atoms with Crippen molar-refractivity contribution in [1.29, 1.82) is 5.26 Å². The highest BCUT2D eigenvalue weighted by atomic mass is 16.1. The van der Waals surface area contributed by atoms with E-state index in [0.29, 0.717) is 17.3 Å². The van der Waals surface area contributed by atoms with Crippen molar-refractivity contribution in [3.05, 3.63) is 46.0 Å². The Morgan fingerprint density at radius 1 is 1.12 bits per heavy atom. The van der Waals surface area contributed by atoms with E-state index in [1.807, 2.05) is 6.07 Å². The van der Waals surface area contributed by atoms with Crippen molar-refractivity contribution in [3.63, 3.8) is 0 Å².